The number of aliphatic carboxylic acids is 1. The lowest BCUT2D eigenvalue weighted by molar-refractivity contribution is -0.138. The molecule has 2 unspecified atom stereocenters. The molecule has 0 aliphatic carbocycles. The van der Waals surface area contributed by atoms with Crippen LogP contribution in [0.2, 0.25) is 0 Å². The van der Waals surface area contributed by atoms with Gasteiger partial charge in [-0.3, -0.25) is 9.59 Å². The SMILES string of the molecule is Cc1ccc(C(NC(=O)Cc2ccc3oc(C(OCCC(=O)O)c4c(C)noc4C)cc3c2)c2ccccc2)c(C)c1. The Labute approximate surface area is 244 Å². The maximum atomic E-state index is 13.4. The highest BCUT2D eigenvalue weighted by molar-refractivity contribution is 5.83. The molecule has 42 heavy (non-hydrogen) atoms. The first-order valence-corrected chi connectivity index (χ1v) is 13.9. The summed E-state index contributed by atoms with van der Waals surface area (Å²) in [5, 5.41) is 17.2. The fraction of sp³-hybridized carbons (Fsp3) is 0.265. The molecule has 0 radical (unpaired) electrons. The van der Waals surface area contributed by atoms with Gasteiger partial charge in [0, 0.05) is 5.39 Å². The number of rotatable bonds is 11. The number of hydrogen-bond donors (Lipinski definition) is 2. The number of carboxylic acid groups (broad SMARTS) is 1. The van der Waals surface area contributed by atoms with E-state index < -0.39 is 12.1 Å². The van der Waals surface area contributed by atoms with Crippen molar-refractivity contribution >= 4 is 22.8 Å². The largest absolute Gasteiger partial charge is 0.481 e. The number of aromatic nitrogens is 1. The first-order chi connectivity index (χ1) is 20.2. The molecule has 2 heterocycles. The second-order valence-corrected chi connectivity index (χ2v) is 10.6. The number of carbonyl (C=O) groups is 2. The van der Waals surface area contributed by atoms with Crippen LogP contribution in [0.1, 0.15) is 69.2 Å². The molecule has 0 aliphatic heterocycles. The highest BCUT2D eigenvalue weighted by atomic mass is 16.5. The number of aryl methyl sites for hydroxylation is 4. The van der Waals surface area contributed by atoms with Crippen molar-refractivity contribution in [2.24, 2.45) is 0 Å². The number of carbonyl (C=O) groups excluding carboxylic acids is 1. The predicted octanol–water partition coefficient (Wildman–Crippen LogP) is 6.68. The second kappa shape index (κ2) is 12.4. The maximum absolute atomic E-state index is 13.4. The van der Waals surface area contributed by atoms with Gasteiger partial charge in [0.1, 0.15) is 23.2 Å². The molecule has 216 valence electrons. The summed E-state index contributed by atoms with van der Waals surface area (Å²) >= 11 is 0. The summed E-state index contributed by atoms with van der Waals surface area (Å²) in [6.07, 6.45) is -0.641. The lowest BCUT2D eigenvalue weighted by Crippen LogP contribution is -2.31. The lowest BCUT2D eigenvalue weighted by atomic mass is 9.93. The number of nitrogens with zero attached hydrogens (tertiary/aromatic N) is 1. The van der Waals surface area contributed by atoms with Crippen molar-refractivity contribution in [1.82, 2.24) is 10.5 Å². The zero-order chi connectivity index (χ0) is 29.8. The zero-order valence-corrected chi connectivity index (χ0v) is 24.1. The van der Waals surface area contributed by atoms with Crippen LogP contribution >= 0.6 is 0 Å². The van der Waals surface area contributed by atoms with Crippen LogP contribution in [0.5, 0.6) is 0 Å². The van der Waals surface area contributed by atoms with Gasteiger partial charge >= 0.3 is 5.97 Å². The van der Waals surface area contributed by atoms with Crippen LogP contribution in [0.3, 0.4) is 0 Å². The van der Waals surface area contributed by atoms with Gasteiger partial charge < -0.3 is 24.1 Å². The summed E-state index contributed by atoms with van der Waals surface area (Å²) in [4.78, 5) is 24.5. The predicted molar refractivity (Wildman–Crippen MR) is 158 cm³/mol. The third kappa shape index (κ3) is 6.44. The van der Waals surface area contributed by atoms with E-state index in [1.54, 1.807) is 13.8 Å². The van der Waals surface area contributed by atoms with E-state index in [4.69, 9.17) is 18.8 Å². The van der Waals surface area contributed by atoms with Crippen molar-refractivity contribution in [2.75, 3.05) is 6.61 Å². The summed E-state index contributed by atoms with van der Waals surface area (Å²) in [6.45, 7) is 7.71. The summed E-state index contributed by atoms with van der Waals surface area (Å²) in [5.74, 6) is 0.0254. The van der Waals surface area contributed by atoms with Crippen LogP contribution in [0.25, 0.3) is 11.0 Å². The summed E-state index contributed by atoms with van der Waals surface area (Å²) < 4.78 is 17.5. The smallest absolute Gasteiger partial charge is 0.305 e. The number of nitrogens with one attached hydrogen (secondary N) is 1. The van der Waals surface area contributed by atoms with Gasteiger partial charge in [-0.15, -0.1) is 0 Å². The Morgan fingerprint density at radius 3 is 2.45 bits per heavy atom. The van der Waals surface area contributed by atoms with E-state index in [-0.39, 0.29) is 31.4 Å². The van der Waals surface area contributed by atoms with Crippen LogP contribution in [0.4, 0.5) is 0 Å². The zero-order valence-electron chi connectivity index (χ0n) is 24.1. The normalized spacial score (nSPS) is 12.8. The summed E-state index contributed by atoms with van der Waals surface area (Å²) in [5.41, 5.74) is 7.18. The van der Waals surface area contributed by atoms with Gasteiger partial charge in [0.25, 0.3) is 0 Å². The number of fused-ring (bicyclic) bond motifs is 1. The molecule has 2 atom stereocenters. The number of amides is 1. The Kier molecular flexibility index (Phi) is 8.54. The molecule has 0 spiro atoms. The minimum Gasteiger partial charge on any atom is -0.481 e. The van der Waals surface area contributed by atoms with Gasteiger partial charge in [-0.05, 0) is 68.1 Å². The molecule has 0 fully saturated rings. The van der Waals surface area contributed by atoms with Crippen molar-refractivity contribution in [3.63, 3.8) is 0 Å². The van der Waals surface area contributed by atoms with Gasteiger partial charge in [0.15, 0.2) is 0 Å². The number of ether oxygens (including phenoxy) is 1. The van der Waals surface area contributed by atoms with E-state index in [0.29, 0.717) is 28.4 Å². The van der Waals surface area contributed by atoms with Crippen molar-refractivity contribution in [3.05, 3.63) is 123 Å². The number of benzene rings is 3. The van der Waals surface area contributed by atoms with Gasteiger partial charge in [-0.2, -0.15) is 0 Å². The Bertz CT molecular complexity index is 1700. The van der Waals surface area contributed by atoms with Gasteiger partial charge in [0.2, 0.25) is 5.91 Å². The molecule has 0 aliphatic rings. The van der Waals surface area contributed by atoms with Crippen LogP contribution in [-0.4, -0.2) is 28.7 Å². The molecule has 1 amide bonds. The number of carboxylic acids is 1. The van der Waals surface area contributed by atoms with Gasteiger partial charge in [-0.25, -0.2) is 0 Å². The topological polar surface area (TPSA) is 115 Å². The van der Waals surface area contributed by atoms with Gasteiger partial charge in [0.05, 0.1) is 36.7 Å². The number of furan rings is 1. The molecule has 0 bridgehead atoms. The number of hydrogen-bond acceptors (Lipinski definition) is 6. The summed E-state index contributed by atoms with van der Waals surface area (Å²) in [7, 11) is 0. The molecule has 5 rings (SSSR count). The highest BCUT2D eigenvalue weighted by Gasteiger charge is 2.27. The first-order valence-electron chi connectivity index (χ1n) is 13.9. The Morgan fingerprint density at radius 1 is 0.976 bits per heavy atom. The highest BCUT2D eigenvalue weighted by Crippen LogP contribution is 2.35. The molecule has 3 aromatic carbocycles. The Morgan fingerprint density at radius 2 is 1.76 bits per heavy atom. The van der Waals surface area contributed by atoms with Gasteiger partial charge in [-0.1, -0.05) is 65.3 Å². The average Bonchev–Trinajstić information content (AvgIpc) is 3.52. The van der Waals surface area contributed by atoms with Crippen molar-refractivity contribution in [1.29, 1.82) is 0 Å². The maximum Gasteiger partial charge on any atom is 0.305 e. The molecule has 0 saturated heterocycles. The minimum absolute atomic E-state index is 0.00440. The van der Waals surface area contributed by atoms with E-state index in [0.717, 1.165) is 27.6 Å². The van der Waals surface area contributed by atoms with Crippen LogP contribution < -0.4 is 5.32 Å². The lowest BCUT2D eigenvalue weighted by Gasteiger charge is -2.22. The summed E-state index contributed by atoms with van der Waals surface area (Å²) in [6, 6.07) is 23.5. The van der Waals surface area contributed by atoms with Crippen LogP contribution in [0.15, 0.2) is 81.7 Å². The second-order valence-electron chi connectivity index (χ2n) is 10.6. The third-order valence-corrected chi connectivity index (χ3v) is 7.35. The van der Waals surface area contributed by atoms with E-state index >= 15 is 0 Å². The Hall–Kier alpha value is -4.69. The van der Waals surface area contributed by atoms with Crippen LogP contribution in [0, 0.1) is 27.7 Å². The fourth-order valence-electron chi connectivity index (χ4n) is 5.32. The minimum atomic E-state index is -0.952. The molecular formula is C34H34N2O6. The Balaban J connectivity index is 1.38. The van der Waals surface area contributed by atoms with Crippen molar-refractivity contribution in [3.8, 4) is 0 Å². The van der Waals surface area contributed by atoms with E-state index in [9.17, 15) is 9.59 Å². The molecule has 8 heteroatoms. The van der Waals surface area contributed by atoms with E-state index in [1.165, 1.54) is 5.56 Å². The molecule has 8 nitrogen and oxygen atoms in total. The fourth-order valence-corrected chi connectivity index (χ4v) is 5.32. The monoisotopic (exact) mass is 566 g/mol. The third-order valence-electron chi connectivity index (χ3n) is 7.35. The van der Waals surface area contributed by atoms with E-state index in [1.807, 2.05) is 54.6 Å². The molecule has 2 aromatic heterocycles. The van der Waals surface area contributed by atoms with Crippen molar-refractivity contribution < 1.29 is 28.4 Å². The quantitative estimate of drug-likeness (QED) is 0.183. The molecule has 5 aromatic rings. The molecule has 0 saturated carbocycles. The van der Waals surface area contributed by atoms with E-state index in [2.05, 4.69) is 42.5 Å². The molecular weight excluding hydrogens is 532 g/mol. The van der Waals surface area contributed by atoms with Crippen LogP contribution in [-0.2, 0) is 20.7 Å². The standard InChI is InChI=1S/C34H34N2O6/c1-20-10-12-27(21(2)16-20)33(25-8-6-5-7-9-25)35-30(37)18-24-11-13-28-26(17-24)19-29(41-28)34(40-15-14-31(38)39)32-22(3)36-42-23(32)4/h5-13,16-17,19,33-34H,14-15,18H2,1-4H3,(H,35,37)(H,38,39). The first kappa shape index (κ1) is 28.8. The average molecular weight is 567 g/mol. The molecule has 2 N–H and O–H groups in total. The van der Waals surface area contributed by atoms with Crippen molar-refractivity contribution in [2.45, 2.75) is 52.7 Å².